The molecule has 1 saturated heterocycles. The van der Waals surface area contributed by atoms with E-state index in [0.29, 0.717) is 9.94 Å². The van der Waals surface area contributed by atoms with Crippen LogP contribution in [0.5, 0.6) is 0 Å². The molecule has 1 aliphatic carbocycles. The Morgan fingerprint density at radius 3 is 2.50 bits per heavy atom. The highest BCUT2D eigenvalue weighted by Crippen LogP contribution is 2.69. The number of hydrogen-bond donors (Lipinski definition) is 0. The molecule has 0 aromatic carbocycles. The van der Waals surface area contributed by atoms with Crippen LogP contribution in [-0.2, 0) is 9.59 Å². The van der Waals surface area contributed by atoms with Crippen molar-refractivity contribution < 1.29 is 9.59 Å². The minimum Gasteiger partial charge on any atom is -0.298 e. The highest BCUT2D eigenvalue weighted by molar-refractivity contribution is 8.10. The number of carbonyl (C=O) groups is 2. The summed E-state index contributed by atoms with van der Waals surface area (Å²) in [4.78, 5) is 23.7. The van der Waals surface area contributed by atoms with Crippen molar-refractivity contribution in [2.24, 2.45) is 0 Å². The smallest absolute Gasteiger partial charge is 0.156 e. The lowest BCUT2D eigenvalue weighted by molar-refractivity contribution is -0.105. The second-order valence-electron chi connectivity index (χ2n) is 5.98. The molecule has 3 heterocycles. The summed E-state index contributed by atoms with van der Waals surface area (Å²) < 4.78 is 0.00213. The fraction of sp³-hybridized carbons (Fsp3) is 0.375. The van der Waals surface area contributed by atoms with Crippen molar-refractivity contribution in [1.82, 2.24) is 0 Å². The lowest BCUT2D eigenvalue weighted by Gasteiger charge is -2.46. The van der Waals surface area contributed by atoms with Gasteiger partial charge in [-0.1, -0.05) is 11.6 Å². The van der Waals surface area contributed by atoms with Crippen molar-refractivity contribution >= 4 is 59.5 Å². The van der Waals surface area contributed by atoms with E-state index >= 15 is 0 Å². The fourth-order valence-corrected chi connectivity index (χ4v) is 8.37. The van der Waals surface area contributed by atoms with Gasteiger partial charge in [0.1, 0.15) is 0 Å². The number of carbonyl (C=O) groups excluding carboxylic acids is 2. The standard InChI is InChI=1S/C16H13ClO2S3/c1-15-12(3-8(4-18)21-15)10-6-20-7-11(10)13-9(5-19)14(17)22-16(13,15)2/h3-5H,6-7H2,1-2H3/t15-,16-/m1/s1. The third kappa shape index (κ3) is 1.63. The summed E-state index contributed by atoms with van der Waals surface area (Å²) in [6.07, 6.45) is 3.86. The molecule has 22 heavy (non-hydrogen) atoms. The molecule has 0 bridgehead atoms. The predicted octanol–water partition coefficient (Wildman–Crippen LogP) is 4.08. The second-order valence-corrected chi connectivity index (χ2v) is 10.5. The van der Waals surface area contributed by atoms with E-state index in [0.717, 1.165) is 34.6 Å². The zero-order valence-electron chi connectivity index (χ0n) is 12.1. The van der Waals surface area contributed by atoms with Crippen LogP contribution in [0.15, 0.2) is 43.2 Å². The van der Waals surface area contributed by atoms with Crippen molar-refractivity contribution in [3.8, 4) is 0 Å². The molecule has 4 rings (SSSR count). The van der Waals surface area contributed by atoms with Crippen molar-refractivity contribution in [3.05, 3.63) is 43.2 Å². The van der Waals surface area contributed by atoms with Crippen molar-refractivity contribution in [2.45, 2.75) is 23.3 Å². The number of halogens is 1. The van der Waals surface area contributed by atoms with Crippen LogP contribution in [0.1, 0.15) is 13.8 Å². The quantitative estimate of drug-likeness (QED) is 0.686. The number of hydrogen-bond acceptors (Lipinski definition) is 5. The summed E-state index contributed by atoms with van der Waals surface area (Å²) in [5.41, 5.74) is 5.54. The highest BCUT2D eigenvalue weighted by atomic mass is 35.5. The maximum absolute atomic E-state index is 11.6. The van der Waals surface area contributed by atoms with Crippen LogP contribution in [0.4, 0.5) is 0 Å². The SMILES string of the molecule is C[C@@]12SC(C=O)=CC1=C1CSCC1=C1C(C=O)=C(Cl)S[C@]12C. The third-order valence-corrected chi connectivity index (χ3v) is 9.46. The molecular formula is C16H13ClO2S3. The molecule has 2 nitrogen and oxygen atoms in total. The summed E-state index contributed by atoms with van der Waals surface area (Å²) in [6.45, 7) is 4.34. The Morgan fingerprint density at radius 1 is 1.09 bits per heavy atom. The van der Waals surface area contributed by atoms with Crippen LogP contribution < -0.4 is 0 Å². The normalized spacial score (nSPS) is 36.4. The van der Waals surface area contributed by atoms with Gasteiger partial charge in [-0.05, 0) is 42.2 Å². The topological polar surface area (TPSA) is 34.1 Å². The first kappa shape index (κ1) is 15.2. The molecule has 6 heteroatoms. The van der Waals surface area contributed by atoms with E-state index in [4.69, 9.17) is 11.6 Å². The fourth-order valence-electron chi connectivity index (χ4n) is 3.81. The predicted molar refractivity (Wildman–Crippen MR) is 96.5 cm³/mol. The summed E-state index contributed by atoms with van der Waals surface area (Å²) in [5.74, 6) is 1.86. The Hall–Kier alpha value is -0.360. The number of rotatable bonds is 2. The Labute approximate surface area is 146 Å². The van der Waals surface area contributed by atoms with Crippen LogP contribution in [-0.4, -0.2) is 33.6 Å². The Kier molecular flexibility index (Phi) is 3.33. The molecule has 1 fully saturated rings. The molecule has 0 N–H and O–H groups in total. The minimum atomic E-state index is -0.314. The largest absolute Gasteiger partial charge is 0.298 e. The van der Waals surface area contributed by atoms with Gasteiger partial charge in [0, 0.05) is 22.0 Å². The second kappa shape index (κ2) is 4.82. The van der Waals surface area contributed by atoms with Crippen LogP contribution in [0, 0.1) is 0 Å². The van der Waals surface area contributed by atoms with Gasteiger partial charge in [0.15, 0.2) is 12.6 Å². The van der Waals surface area contributed by atoms with E-state index in [1.807, 2.05) is 17.8 Å². The molecule has 114 valence electrons. The van der Waals surface area contributed by atoms with Crippen molar-refractivity contribution in [3.63, 3.8) is 0 Å². The van der Waals surface area contributed by atoms with Gasteiger partial charge in [-0.2, -0.15) is 11.8 Å². The molecule has 0 spiro atoms. The average Bonchev–Trinajstić information content (AvgIpc) is 3.13. The highest BCUT2D eigenvalue weighted by Gasteiger charge is 2.61. The molecule has 0 radical (unpaired) electrons. The zero-order valence-corrected chi connectivity index (χ0v) is 15.3. The van der Waals surface area contributed by atoms with E-state index in [-0.39, 0.29) is 9.49 Å². The maximum atomic E-state index is 11.6. The maximum Gasteiger partial charge on any atom is 0.156 e. The number of thioether (sulfide) groups is 3. The van der Waals surface area contributed by atoms with Crippen LogP contribution in [0.25, 0.3) is 0 Å². The lowest BCUT2D eigenvalue weighted by Crippen LogP contribution is -2.48. The van der Waals surface area contributed by atoms with E-state index in [1.54, 1.807) is 23.5 Å². The van der Waals surface area contributed by atoms with E-state index in [2.05, 4.69) is 13.8 Å². The molecule has 3 aliphatic heterocycles. The first-order chi connectivity index (χ1) is 10.5. The molecule has 0 amide bonds. The minimum absolute atomic E-state index is 0.266. The van der Waals surface area contributed by atoms with E-state index in [1.165, 1.54) is 16.7 Å². The molecule has 0 unspecified atom stereocenters. The third-order valence-electron chi connectivity index (χ3n) is 5.00. The Morgan fingerprint density at radius 2 is 1.82 bits per heavy atom. The number of fused-ring (bicyclic) bond motifs is 4. The van der Waals surface area contributed by atoms with Gasteiger partial charge in [0.25, 0.3) is 0 Å². The zero-order chi connectivity index (χ0) is 15.7. The summed E-state index contributed by atoms with van der Waals surface area (Å²) >= 11 is 11.4. The van der Waals surface area contributed by atoms with Crippen molar-refractivity contribution in [1.29, 1.82) is 0 Å². The molecule has 0 aromatic heterocycles. The Bertz CT molecular complexity index is 761. The lowest BCUT2D eigenvalue weighted by atomic mass is 9.70. The van der Waals surface area contributed by atoms with Gasteiger partial charge >= 0.3 is 0 Å². The average molecular weight is 369 g/mol. The molecule has 0 aromatic rings. The molecule has 0 saturated carbocycles. The molecule has 2 atom stereocenters. The first-order valence-electron chi connectivity index (χ1n) is 6.92. The molecular weight excluding hydrogens is 356 g/mol. The number of aldehydes is 2. The van der Waals surface area contributed by atoms with Gasteiger partial charge in [-0.15, -0.1) is 23.5 Å². The van der Waals surface area contributed by atoms with Gasteiger partial charge in [-0.3, -0.25) is 9.59 Å². The first-order valence-corrected chi connectivity index (χ1v) is 10.1. The van der Waals surface area contributed by atoms with E-state index in [9.17, 15) is 9.59 Å². The van der Waals surface area contributed by atoms with Crippen molar-refractivity contribution in [2.75, 3.05) is 11.5 Å². The van der Waals surface area contributed by atoms with E-state index < -0.39 is 0 Å². The van der Waals surface area contributed by atoms with Crippen LogP contribution in [0.3, 0.4) is 0 Å². The summed E-state index contributed by atoms with van der Waals surface area (Å²) in [6, 6.07) is 0. The summed E-state index contributed by atoms with van der Waals surface area (Å²) in [5, 5.41) is 0. The van der Waals surface area contributed by atoms with Crippen LogP contribution >= 0.6 is 46.9 Å². The van der Waals surface area contributed by atoms with Gasteiger partial charge in [0.05, 0.1) is 13.9 Å². The van der Waals surface area contributed by atoms with Gasteiger partial charge < -0.3 is 0 Å². The monoisotopic (exact) mass is 368 g/mol. The van der Waals surface area contributed by atoms with Crippen LogP contribution in [0.2, 0.25) is 0 Å². The van der Waals surface area contributed by atoms with Gasteiger partial charge in [-0.25, -0.2) is 0 Å². The molecule has 4 aliphatic rings. The number of allylic oxidation sites excluding steroid dienone is 3. The van der Waals surface area contributed by atoms with Gasteiger partial charge in [0.2, 0.25) is 0 Å². The summed E-state index contributed by atoms with van der Waals surface area (Å²) in [7, 11) is 0. The Balaban J connectivity index is 2.05.